The molecule has 0 fully saturated rings. The highest BCUT2D eigenvalue weighted by Gasteiger charge is 2.15. The van der Waals surface area contributed by atoms with Gasteiger partial charge in [-0.05, 0) is 38.3 Å². The van der Waals surface area contributed by atoms with Crippen LogP contribution in [0.2, 0.25) is 0 Å². The van der Waals surface area contributed by atoms with Crippen LogP contribution in [0.15, 0.2) is 24.3 Å². The largest absolute Gasteiger partial charge is 0.460 e. The fourth-order valence-electron chi connectivity index (χ4n) is 1.43. The van der Waals surface area contributed by atoms with E-state index in [1.165, 1.54) is 11.1 Å². The van der Waals surface area contributed by atoms with E-state index in [2.05, 4.69) is 40.2 Å². The zero-order valence-corrected chi connectivity index (χ0v) is 12.2. The van der Waals surface area contributed by atoms with E-state index in [-0.39, 0.29) is 5.97 Å². The molecule has 0 amide bonds. The van der Waals surface area contributed by atoms with E-state index in [4.69, 9.17) is 4.74 Å². The lowest BCUT2D eigenvalue weighted by Crippen LogP contribution is -2.23. The van der Waals surface area contributed by atoms with Gasteiger partial charge in [0.1, 0.15) is 5.60 Å². The molecule has 0 bridgehead atoms. The van der Waals surface area contributed by atoms with E-state index >= 15 is 0 Å². The number of hydrogen-bond acceptors (Lipinski definition) is 2. The van der Waals surface area contributed by atoms with Crippen molar-refractivity contribution in [3.63, 3.8) is 0 Å². The number of aryl methyl sites for hydroxylation is 1. The smallest absolute Gasteiger partial charge is 0.306 e. The minimum absolute atomic E-state index is 0.137. The maximum Gasteiger partial charge on any atom is 0.306 e. The second-order valence-corrected chi connectivity index (χ2v) is 5.60. The molecule has 0 aliphatic carbocycles. The Morgan fingerprint density at radius 1 is 1.18 bits per heavy atom. The summed E-state index contributed by atoms with van der Waals surface area (Å²) in [6.07, 6.45) is 1.17. The van der Waals surface area contributed by atoms with Gasteiger partial charge in [-0.3, -0.25) is 4.79 Å². The van der Waals surface area contributed by atoms with Gasteiger partial charge in [-0.15, -0.1) is 0 Å². The molecule has 1 aromatic carbocycles. The Morgan fingerprint density at radius 2 is 1.71 bits per heavy atom. The first kappa shape index (κ1) is 14.2. The highest BCUT2D eigenvalue weighted by Crippen LogP contribution is 2.12. The van der Waals surface area contributed by atoms with E-state index in [0.717, 1.165) is 11.8 Å². The molecule has 0 saturated heterocycles. The fraction of sp³-hybridized carbons (Fsp3) is 0.500. The van der Waals surface area contributed by atoms with Crippen molar-refractivity contribution in [2.24, 2.45) is 0 Å². The highest BCUT2D eigenvalue weighted by molar-refractivity contribution is 9.08. The monoisotopic (exact) mass is 298 g/mol. The number of esters is 1. The van der Waals surface area contributed by atoms with Crippen LogP contribution >= 0.6 is 15.9 Å². The highest BCUT2D eigenvalue weighted by atomic mass is 79.9. The zero-order chi connectivity index (χ0) is 12.9. The molecule has 0 aromatic heterocycles. The van der Waals surface area contributed by atoms with Crippen LogP contribution in [0.25, 0.3) is 0 Å². The average Bonchev–Trinajstić information content (AvgIpc) is 2.25. The molecule has 1 rings (SSSR count). The summed E-state index contributed by atoms with van der Waals surface area (Å²) in [5.74, 6) is -0.137. The second kappa shape index (κ2) is 6.20. The molecule has 0 radical (unpaired) electrons. The fourth-order valence-corrected chi connectivity index (χ4v) is 1.81. The van der Waals surface area contributed by atoms with Gasteiger partial charge in [-0.25, -0.2) is 0 Å². The first-order valence-corrected chi connectivity index (χ1v) is 6.88. The molecule has 1 aromatic rings. The third-order valence-electron chi connectivity index (χ3n) is 2.22. The van der Waals surface area contributed by atoms with Crippen LogP contribution in [0.3, 0.4) is 0 Å². The van der Waals surface area contributed by atoms with Crippen molar-refractivity contribution < 1.29 is 9.53 Å². The number of benzene rings is 1. The normalized spacial score (nSPS) is 11.3. The van der Waals surface area contributed by atoms with Gasteiger partial charge in [0.15, 0.2) is 0 Å². The number of ether oxygens (including phenoxy) is 1. The number of carbonyl (C=O) groups excluding carboxylic acids is 1. The van der Waals surface area contributed by atoms with Crippen LogP contribution in [0.4, 0.5) is 0 Å². The van der Waals surface area contributed by atoms with Crippen LogP contribution in [-0.2, 0) is 21.3 Å². The first-order chi connectivity index (χ1) is 7.90. The lowest BCUT2D eigenvalue weighted by molar-refractivity contribution is -0.154. The van der Waals surface area contributed by atoms with Gasteiger partial charge >= 0.3 is 5.97 Å². The van der Waals surface area contributed by atoms with Crippen molar-refractivity contribution in [2.75, 3.05) is 0 Å². The molecular weight excluding hydrogens is 280 g/mol. The molecule has 0 unspecified atom stereocenters. The third kappa shape index (κ3) is 5.87. The van der Waals surface area contributed by atoms with Gasteiger partial charge in [0.2, 0.25) is 0 Å². The molecule has 0 aliphatic rings. The molecule has 0 atom stereocenters. The van der Waals surface area contributed by atoms with Crippen LogP contribution in [0.5, 0.6) is 0 Å². The van der Waals surface area contributed by atoms with Crippen LogP contribution in [-0.4, -0.2) is 11.6 Å². The summed E-state index contributed by atoms with van der Waals surface area (Å²) < 4.78 is 5.26. The van der Waals surface area contributed by atoms with Crippen molar-refractivity contribution in [3.8, 4) is 0 Å². The zero-order valence-electron chi connectivity index (χ0n) is 10.6. The Labute approximate surface area is 111 Å². The molecule has 2 nitrogen and oxygen atoms in total. The molecule has 3 heteroatoms. The van der Waals surface area contributed by atoms with E-state index in [1.807, 2.05) is 20.8 Å². The van der Waals surface area contributed by atoms with Gasteiger partial charge < -0.3 is 4.74 Å². The Morgan fingerprint density at radius 3 is 2.18 bits per heavy atom. The number of carbonyl (C=O) groups is 1. The molecular formula is C14H19BrO2. The average molecular weight is 299 g/mol. The summed E-state index contributed by atoms with van der Waals surface area (Å²) in [5, 5.41) is 0.860. The van der Waals surface area contributed by atoms with Gasteiger partial charge in [0, 0.05) is 11.8 Å². The number of rotatable bonds is 4. The Bertz CT molecular complexity index is 363. The second-order valence-electron chi connectivity index (χ2n) is 5.04. The lowest BCUT2D eigenvalue weighted by Gasteiger charge is -2.19. The summed E-state index contributed by atoms with van der Waals surface area (Å²) in [5.41, 5.74) is 2.02. The molecule has 0 heterocycles. The quantitative estimate of drug-likeness (QED) is 0.623. The molecule has 17 heavy (non-hydrogen) atoms. The minimum Gasteiger partial charge on any atom is -0.460 e. The van der Waals surface area contributed by atoms with E-state index in [1.54, 1.807) is 0 Å². The van der Waals surface area contributed by atoms with Crippen molar-refractivity contribution in [1.29, 1.82) is 0 Å². The summed E-state index contributed by atoms with van der Waals surface area (Å²) in [6.45, 7) is 5.65. The summed E-state index contributed by atoms with van der Waals surface area (Å²) in [6, 6.07) is 8.25. The predicted molar refractivity (Wildman–Crippen MR) is 73.2 cm³/mol. The minimum atomic E-state index is -0.392. The lowest BCUT2D eigenvalue weighted by atomic mass is 10.1. The van der Waals surface area contributed by atoms with Crippen LogP contribution in [0, 0.1) is 0 Å². The molecule has 0 N–H and O–H groups in total. The summed E-state index contributed by atoms with van der Waals surface area (Å²) in [4.78, 5) is 11.5. The van der Waals surface area contributed by atoms with E-state index in [0.29, 0.717) is 6.42 Å². The Balaban J connectivity index is 2.42. The van der Waals surface area contributed by atoms with Crippen molar-refractivity contribution in [1.82, 2.24) is 0 Å². The summed E-state index contributed by atoms with van der Waals surface area (Å²) >= 11 is 3.40. The maximum atomic E-state index is 11.5. The third-order valence-corrected chi connectivity index (χ3v) is 2.86. The van der Waals surface area contributed by atoms with E-state index in [9.17, 15) is 4.79 Å². The Hall–Kier alpha value is -0.830. The van der Waals surface area contributed by atoms with Crippen molar-refractivity contribution in [3.05, 3.63) is 35.4 Å². The van der Waals surface area contributed by atoms with Gasteiger partial charge in [-0.1, -0.05) is 40.2 Å². The summed E-state index contributed by atoms with van der Waals surface area (Å²) in [7, 11) is 0. The first-order valence-electron chi connectivity index (χ1n) is 5.76. The van der Waals surface area contributed by atoms with Crippen LogP contribution in [0.1, 0.15) is 38.3 Å². The van der Waals surface area contributed by atoms with Crippen molar-refractivity contribution >= 4 is 21.9 Å². The van der Waals surface area contributed by atoms with Gasteiger partial charge in [-0.2, -0.15) is 0 Å². The van der Waals surface area contributed by atoms with Gasteiger partial charge in [0.25, 0.3) is 0 Å². The molecule has 0 aliphatic heterocycles. The Kier molecular flexibility index (Phi) is 5.19. The number of halogens is 1. The molecule has 94 valence electrons. The van der Waals surface area contributed by atoms with E-state index < -0.39 is 5.60 Å². The topological polar surface area (TPSA) is 26.3 Å². The standard InChI is InChI=1S/C14H19BrO2/c1-14(2,3)17-13(16)9-8-11-4-6-12(10-15)7-5-11/h4-7H,8-10H2,1-3H3. The maximum absolute atomic E-state index is 11.5. The SMILES string of the molecule is CC(C)(C)OC(=O)CCc1ccc(CBr)cc1. The predicted octanol–water partition coefficient (Wildman–Crippen LogP) is 3.86. The molecule has 0 spiro atoms. The van der Waals surface area contributed by atoms with Crippen LogP contribution < -0.4 is 0 Å². The number of alkyl halides is 1. The van der Waals surface area contributed by atoms with Crippen molar-refractivity contribution in [2.45, 2.75) is 44.5 Å². The number of hydrogen-bond donors (Lipinski definition) is 0. The molecule has 0 saturated carbocycles. The van der Waals surface area contributed by atoms with Gasteiger partial charge in [0.05, 0.1) is 0 Å².